The summed E-state index contributed by atoms with van der Waals surface area (Å²) in [6.07, 6.45) is 2.34. The van der Waals surface area contributed by atoms with Crippen LogP contribution in [0, 0.1) is 5.92 Å². The van der Waals surface area contributed by atoms with Crippen LogP contribution in [0.3, 0.4) is 0 Å². The molecule has 8 nitrogen and oxygen atoms in total. The first-order valence-electron chi connectivity index (χ1n) is 8.72. The monoisotopic (exact) mass is 391 g/mol. The molecule has 10 heteroatoms. The van der Waals surface area contributed by atoms with Crippen molar-refractivity contribution in [1.29, 1.82) is 0 Å². The van der Waals surface area contributed by atoms with E-state index in [1.54, 1.807) is 23.1 Å². The highest BCUT2D eigenvalue weighted by atomic mass is 32.2. The highest BCUT2D eigenvalue weighted by molar-refractivity contribution is 7.99. The van der Waals surface area contributed by atoms with E-state index < -0.39 is 10.0 Å². The van der Waals surface area contributed by atoms with E-state index in [4.69, 9.17) is 5.73 Å². The van der Waals surface area contributed by atoms with E-state index in [0.29, 0.717) is 32.0 Å². The summed E-state index contributed by atoms with van der Waals surface area (Å²) < 4.78 is 26.3. The van der Waals surface area contributed by atoms with Gasteiger partial charge in [0, 0.05) is 57.7 Å². The van der Waals surface area contributed by atoms with E-state index in [-0.39, 0.29) is 17.6 Å². The number of guanidine groups is 1. The Morgan fingerprint density at radius 3 is 2.68 bits per heavy atom. The number of sulfonamides is 1. The molecule has 2 aliphatic heterocycles. The fraction of sp³-hybridized carbons (Fsp3) is 0.867. The van der Waals surface area contributed by atoms with Crippen LogP contribution in [0.25, 0.3) is 0 Å². The number of thioether (sulfide) groups is 1. The number of nitrogens with zero attached hydrogens (tertiary/aromatic N) is 3. The number of nitrogens with two attached hydrogens (primary N) is 1. The molecule has 3 N–H and O–H groups in total. The van der Waals surface area contributed by atoms with Gasteiger partial charge in [-0.1, -0.05) is 0 Å². The van der Waals surface area contributed by atoms with Gasteiger partial charge in [0.25, 0.3) is 0 Å². The molecule has 25 heavy (non-hydrogen) atoms. The zero-order valence-electron chi connectivity index (χ0n) is 14.8. The highest BCUT2D eigenvalue weighted by Crippen LogP contribution is 2.19. The van der Waals surface area contributed by atoms with Gasteiger partial charge in [0.15, 0.2) is 5.96 Å². The number of primary amides is 1. The van der Waals surface area contributed by atoms with Crippen LogP contribution >= 0.6 is 11.8 Å². The van der Waals surface area contributed by atoms with Crippen LogP contribution in [-0.4, -0.2) is 86.5 Å². The number of amides is 1. The van der Waals surface area contributed by atoms with Crippen LogP contribution in [-0.2, 0) is 14.8 Å². The van der Waals surface area contributed by atoms with Crippen molar-refractivity contribution in [3.63, 3.8) is 0 Å². The van der Waals surface area contributed by atoms with Gasteiger partial charge >= 0.3 is 0 Å². The summed E-state index contributed by atoms with van der Waals surface area (Å²) in [5.74, 6) is 2.45. The van der Waals surface area contributed by atoms with Gasteiger partial charge in [-0.05, 0) is 18.8 Å². The Kier molecular flexibility index (Phi) is 7.82. The Labute approximate surface area is 154 Å². The Bertz CT molecular complexity index is 576. The second kappa shape index (κ2) is 9.63. The fourth-order valence-electron chi connectivity index (χ4n) is 3.29. The van der Waals surface area contributed by atoms with Gasteiger partial charge in [-0.15, -0.1) is 0 Å². The summed E-state index contributed by atoms with van der Waals surface area (Å²) in [5.41, 5.74) is 5.30. The molecule has 2 saturated heterocycles. The Morgan fingerprint density at radius 1 is 1.32 bits per heavy atom. The number of hydrogen-bond acceptors (Lipinski definition) is 5. The molecule has 0 aliphatic carbocycles. The summed E-state index contributed by atoms with van der Waals surface area (Å²) in [6.45, 7) is 3.10. The molecule has 144 valence electrons. The van der Waals surface area contributed by atoms with Gasteiger partial charge in [-0.3, -0.25) is 9.79 Å². The summed E-state index contributed by atoms with van der Waals surface area (Å²) in [4.78, 5) is 17.5. The molecule has 0 spiro atoms. The average molecular weight is 392 g/mol. The predicted octanol–water partition coefficient (Wildman–Crippen LogP) is -0.472. The lowest BCUT2D eigenvalue weighted by Crippen LogP contribution is -2.49. The first-order chi connectivity index (χ1) is 11.9. The smallest absolute Gasteiger partial charge is 0.217 e. The molecule has 0 radical (unpaired) electrons. The van der Waals surface area contributed by atoms with Crippen LogP contribution in [0.4, 0.5) is 0 Å². The van der Waals surface area contributed by atoms with Crippen LogP contribution in [0.5, 0.6) is 0 Å². The molecule has 1 amide bonds. The lowest BCUT2D eigenvalue weighted by molar-refractivity contribution is -0.119. The van der Waals surface area contributed by atoms with Crippen LogP contribution in [0.1, 0.15) is 19.3 Å². The maximum absolute atomic E-state index is 12.4. The van der Waals surface area contributed by atoms with E-state index >= 15 is 0 Å². The minimum Gasteiger partial charge on any atom is -0.370 e. The average Bonchev–Trinajstić information content (AvgIpc) is 2.59. The van der Waals surface area contributed by atoms with Crippen molar-refractivity contribution in [2.24, 2.45) is 16.6 Å². The first kappa shape index (κ1) is 20.3. The number of rotatable bonds is 6. The third kappa shape index (κ3) is 6.34. The van der Waals surface area contributed by atoms with Crippen molar-refractivity contribution in [3.05, 3.63) is 0 Å². The second-order valence-electron chi connectivity index (χ2n) is 6.43. The molecule has 0 saturated carbocycles. The zero-order valence-corrected chi connectivity index (χ0v) is 16.4. The van der Waals surface area contributed by atoms with Crippen LogP contribution in [0.15, 0.2) is 4.99 Å². The van der Waals surface area contributed by atoms with E-state index in [2.05, 4.69) is 15.2 Å². The summed E-state index contributed by atoms with van der Waals surface area (Å²) >= 11 is 1.79. The molecule has 0 aromatic heterocycles. The van der Waals surface area contributed by atoms with E-state index in [1.807, 2.05) is 0 Å². The van der Waals surface area contributed by atoms with E-state index in [9.17, 15) is 13.2 Å². The van der Waals surface area contributed by atoms with Gasteiger partial charge in [-0.2, -0.15) is 11.8 Å². The second-order valence-corrected chi connectivity index (χ2v) is 9.74. The molecule has 2 heterocycles. The van der Waals surface area contributed by atoms with Gasteiger partial charge in [0.2, 0.25) is 15.9 Å². The Morgan fingerprint density at radius 2 is 2.04 bits per heavy atom. The van der Waals surface area contributed by atoms with Crippen LogP contribution < -0.4 is 11.1 Å². The number of nitrogens with one attached hydrogen (secondary N) is 1. The molecule has 2 rings (SSSR count). The number of likely N-dealkylation sites (tertiary alicyclic amines) is 1. The summed E-state index contributed by atoms with van der Waals surface area (Å²) in [7, 11) is -1.53. The normalized spacial score (nSPS) is 23.5. The molecular weight excluding hydrogens is 362 g/mol. The predicted molar refractivity (Wildman–Crippen MR) is 102 cm³/mol. The molecule has 1 atom stereocenters. The third-order valence-electron chi connectivity index (χ3n) is 4.53. The topological polar surface area (TPSA) is 108 Å². The first-order valence-corrected chi connectivity index (χ1v) is 11.5. The lowest BCUT2D eigenvalue weighted by atomic mass is 9.95. The number of hydrogen-bond donors (Lipinski definition) is 2. The number of carbonyl (C=O) groups excluding carboxylic acids is 1. The minimum absolute atomic E-state index is 0.0647. The van der Waals surface area contributed by atoms with Crippen molar-refractivity contribution in [2.75, 3.05) is 57.0 Å². The third-order valence-corrected chi connectivity index (χ3v) is 7.34. The van der Waals surface area contributed by atoms with Crippen molar-refractivity contribution < 1.29 is 13.2 Å². The Balaban J connectivity index is 1.82. The van der Waals surface area contributed by atoms with Crippen molar-refractivity contribution in [1.82, 2.24) is 14.5 Å². The van der Waals surface area contributed by atoms with Crippen molar-refractivity contribution in [3.8, 4) is 0 Å². The molecule has 0 bridgehead atoms. The fourth-order valence-corrected chi connectivity index (χ4v) is 5.78. The summed E-state index contributed by atoms with van der Waals surface area (Å²) in [6, 6.07) is 0. The molecule has 2 aliphatic rings. The molecule has 0 aromatic rings. The van der Waals surface area contributed by atoms with E-state index in [1.165, 1.54) is 0 Å². The maximum atomic E-state index is 12.4. The van der Waals surface area contributed by atoms with Gasteiger partial charge in [0.1, 0.15) is 0 Å². The quantitative estimate of drug-likeness (QED) is 0.468. The molecule has 1 unspecified atom stereocenters. The van der Waals surface area contributed by atoms with Gasteiger partial charge in [0.05, 0.1) is 5.75 Å². The SMILES string of the molecule is CN=C(NCCS(=O)(=O)N1CCSCC1)N1CCCC(CC(N)=O)C1. The number of carbonyl (C=O) groups is 1. The molecular formula is C15H29N5O3S2. The van der Waals surface area contributed by atoms with Crippen molar-refractivity contribution in [2.45, 2.75) is 19.3 Å². The van der Waals surface area contributed by atoms with E-state index in [0.717, 1.165) is 37.4 Å². The van der Waals surface area contributed by atoms with Crippen LogP contribution in [0.2, 0.25) is 0 Å². The van der Waals surface area contributed by atoms with Crippen molar-refractivity contribution >= 4 is 33.7 Å². The van der Waals surface area contributed by atoms with Gasteiger partial charge in [-0.25, -0.2) is 12.7 Å². The Hall–Kier alpha value is -1.00. The number of piperidine rings is 1. The highest BCUT2D eigenvalue weighted by Gasteiger charge is 2.26. The van der Waals surface area contributed by atoms with Gasteiger partial charge < -0.3 is 16.0 Å². The molecule has 2 fully saturated rings. The lowest BCUT2D eigenvalue weighted by Gasteiger charge is -2.34. The minimum atomic E-state index is -3.22. The number of aliphatic imine (C=N–C) groups is 1. The molecule has 0 aromatic carbocycles. The standard InChI is InChI=1S/C15H29N5O3S2/c1-17-15(19-5-2-3-13(12-19)11-14(16)21)18-4-10-25(22,23)20-6-8-24-9-7-20/h13H,2-12H2,1H3,(H2,16,21)(H,17,18). The zero-order chi connectivity index (χ0) is 18.3. The summed E-state index contributed by atoms with van der Waals surface area (Å²) in [5, 5.41) is 3.16. The maximum Gasteiger partial charge on any atom is 0.217 e. The largest absolute Gasteiger partial charge is 0.370 e.